The minimum atomic E-state index is -3.37. The van der Waals surface area contributed by atoms with E-state index in [0.717, 1.165) is 11.6 Å². The van der Waals surface area contributed by atoms with Crippen molar-refractivity contribution in [3.05, 3.63) is 72.9 Å². The molecule has 0 atom stereocenters. The molecule has 4 rings (SSSR count). The van der Waals surface area contributed by atoms with E-state index in [4.69, 9.17) is 14.2 Å². The zero-order chi connectivity index (χ0) is 25.0. The number of aromatic nitrogens is 1. The largest absolute Gasteiger partial charge is 0.493 e. The summed E-state index contributed by atoms with van der Waals surface area (Å²) in [5, 5.41) is 6.08. The molecule has 0 aliphatic carbocycles. The fourth-order valence-electron chi connectivity index (χ4n) is 3.37. The van der Waals surface area contributed by atoms with Crippen molar-refractivity contribution >= 4 is 38.1 Å². The number of ether oxygens (including phenoxy) is 3. The van der Waals surface area contributed by atoms with Crippen molar-refractivity contribution in [1.29, 1.82) is 0 Å². The van der Waals surface area contributed by atoms with Crippen molar-refractivity contribution in [1.82, 2.24) is 4.98 Å². The van der Waals surface area contributed by atoms with Crippen LogP contribution in [0.15, 0.2) is 77.8 Å². The molecule has 9 nitrogen and oxygen atoms in total. The number of nitrogens with zero attached hydrogens (tertiary/aromatic N) is 1. The molecule has 0 saturated carbocycles. The Bertz CT molecular complexity index is 1490. The predicted octanol–water partition coefficient (Wildman–Crippen LogP) is 5.09. The number of amides is 2. The van der Waals surface area contributed by atoms with Gasteiger partial charge in [0.05, 0.1) is 24.6 Å². The molecule has 0 fully saturated rings. The molecule has 0 saturated heterocycles. The van der Waals surface area contributed by atoms with Gasteiger partial charge in [-0.3, -0.25) is 4.98 Å². The third-order valence-electron chi connectivity index (χ3n) is 5.07. The number of anilines is 2. The van der Waals surface area contributed by atoms with E-state index in [9.17, 15) is 13.2 Å². The highest BCUT2D eigenvalue weighted by Gasteiger charge is 2.12. The van der Waals surface area contributed by atoms with E-state index in [1.54, 1.807) is 75.0 Å². The first-order valence-electron chi connectivity index (χ1n) is 10.4. The van der Waals surface area contributed by atoms with Crippen molar-refractivity contribution < 1.29 is 27.4 Å². The predicted molar refractivity (Wildman–Crippen MR) is 134 cm³/mol. The maximum Gasteiger partial charge on any atom is 0.323 e. The average molecular weight is 494 g/mol. The van der Waals surface area contributed by atoms with Crippen LogP contribution in [-0.4, -0.2) is 39.9 Å². The minimum Gasteiger partial charge on any atom is -0.493 e. The number of nitrogens with one attached hydrogen (secondary N) is 2. The molecule has 0 spiro atoms. The second kappa shape index (κ2) is 9.90. The summed E-state index contributed by atoms with van der Waals surface area (Å²) in [5.41, 5.74) is 1.58. The normalized spacial score (nSPS) is 11.1. The number of carbonyl (C=O) groups excluding carboxylic acids is 1. The quantitative estimate of drug-likeness (QED) is 0.368. The van der Waals surface area contributed by atoms with E-state index in [0.29, 0.717) is 39.9 Å². The van der Waals surface area contributed by atoms with Crippen LogP contribution in [0.2, 0.25) is 0 Å². The third kappa shape index (κ3) is 5.61. The maximum atomic E-state index is 12.3. The van der Waals surface area contributed by atoms with Crippen LogP contribution >= 0.6 is 0 Å². The monoisotopic (exact) mass is 493 g/mol. The minimum absolute atomic E-state index is 0.122. The summed E-state index contributed by atoms with van der Waals surface area (Å²) in [6, 6.07) is 17.7. The summed E-state index contributed by atoms with van der Waals surface area (Å²) in [7, 11) is -0.252. The Hall–Kier alpha value is -4.31. The lowest BCUT2D eigenvalue weighted by molar-refractivity contribution is 0.262. The Labute approximate surface area is 202 Å². The molecule has 2 N–H and O–H groups in total. The molecule has 10 heteroatoms. The standard InChI is InChI=1S/C25H23N3O6S/c1-32-23-14-20-21(15-24(23)33-2)26-12-11-22(20)34-18-9-7-16(8-10-18)27-25(29)28-17-5-4-6-19(13-17)35(3,30)31/h4-15H,1-3H3,(H2,27,28,29). The molecular weight excluding hydrogens is 470 g/mol. The fourth-order valence-corrected chi connectivity index (χ4v) is 4.03. The van der Waals surface area contributed by atoms with E-state index in [2.05, 4.69) is 15.6 Å². The molecule has 0 aliphatic heterocycles. The topological polar surface area (TPSA) is 116 Å². The number of benzene rings is 3. The van der Waals surface area contributed by atoms with Gasteiger partial charge in [0.2, 0.25) is 0 Å². The summed E-state index contributed by atoms with van der Waals surface area (Å²) in [4.78, 5) is 16.8. The number of pyridine rings is 1. The van der Waals surface area contributed by atoms with Crippen molar-refractivity contribution in [3.8, 4) is 23.0 Å². The molecule has 1 heterocycles. The summed E-state index contributed by atoms with van der Waals surface area (Å²) in [5.74, 6) is 2.27. The van der Waals surface area contributed by atoms with Gasteiger partial charge in [0.25, 0.3) is 0 Å². The molecule has 1 aromatic heterocycles. The summed E-state index contributed by atoms with van der Waals surface area (Å²) >= 11 is 0. The van der Waals surface area contributed by atoms with Gasteiger partial charge in [0.15, 0.2) is 21.3 Å². The second-order valence-electron chi connectivity index (χ2n) is 7.54. The number of rotatable bonds is 7. The fraction of sp³-hybridized carbons (Fsp3) is 0.120. The SMILES string of the molecule is COc1cc2nccc(Oc3ccc(NC(=O)Nc4cccc(S(C)(=O)=O)c4)cc3)c2cc1OC. The van der Waals surface area contributed by atoms with E-state index in [-0.39, 0.29) is 4.90 Å². The van der Waals surface area contributed by atoms with Gasteiger partial charge in [-0.15, -0.1) is 0 Å². The molecule has 0 unspecified atom stereocenters. The van der Waals surface area contributed by atoms with Crippen LogP contribution in [0.4, 0.5) is 16.2 Å². The number of methoxy groups -OCH3 is 2. The molecule has 0 aliphatic rings. The van der Waals surface area contributed by atoms with Gasteiger partial charge >= 0.3 is 6.03 Å². The van der Waals surface area contributed by atoms with E-state index in [1.165, 1.54) is 12.1 Å². The zero-order valence-electron chi connectivity index (χ0n) is 19.2. The van der Waals surface area contributed by atoms with Crippen molar-refractivity contribution in [2.45, 2.75) is 4.90 Å². The van der Waals surface area contributed by atoms with E-state index >= 15 is 0 Å². The summed E-state index contributed by atoms with van der Waals surface area (Å²) in [6.45, 7) is 0. The highest BCUT2D eigenvalue weighted by atomic mass is 32.2. The molecular formula is C25H23N3O6S. The van der Waals surface area contributed by atoms with Crippen molar-refractivity contribution in [3.63, 3.8) is 0 Å². The molecule has 35 heavy (non-hydrogen) atoms. The Balaban J connectivity index is 1.46. The number of carbonyl (C=O) groups is 1. The highest BCUT2D eigenvalue weighted by molar-refractivity contribution is 7.90. The van der Waals surface area contributed by atoms with Crippen LogP contribution in [0.25, 0.3) is 10.9 Å². The molecule has 180 valence electrons. The van der Waals surface area contributed by atoms with Crippen LogP contribution in [0.5, 0.6) is 23.0 Å². The lowest BCUT2D eigenvalue weighted by atomic mass is 10.2. The van der Waals surface area contributed by atoms with Crippen LogP contribution in [0, 0.1) is 0 Å². The van der Waals surface area contributed by atoms with Crippen molar-refractivity contribution in [2.75, 3.05) is 31.1 Å². The highest BCUT2D eigenvalue weighted by Crippen LogP contribution is 2.37. The molecule has 4 aromatic rings. The van der Waals surface area contributed by atoms with Crippen molar-refractivity contribution in [2.24, 2.45) is 0 Å². The molecule has 2 amide bonds. The Morgan fingerprint density at radius 2 is 1.51 bits per heavy atom. The van der Waals surface area contributed by atoms with Gasteiger partial charge in [-0.05, 0) is 54.6 Å². The third-order valence-corrected chi connectivity index (χ3v) is 6.18. The van der Waals surface area contributed by atoms with Crippen LogP contribution < -0.4 is 24.8 Å². The molecule has 3 aromatic carbocycles. The summed E-state index contributed by atoms with van der Waals surface area (Å²) < 4.78 is 40.2. The van der Waals surface area contributed by atoms with Gasteiger partial charge < -0.3 is 24.8 Å². The van der Waals surface area contributed by atoms with Crippen LogP contribution in [-0.2, 0) is 9.84 Å². The number of urea groups is 1. The number of fused-ring (bicyclic) bond motifs is 1. The average Bonchev–Trinajstić information content (AvgIpc) is 2.84. The first-order valence-corrected chi connectivity index (χ1v) is 12.3. The second-order valence-corrected chi connectivity index (χ2v) is 9.55. The van der Waals surface area contributed by atoms with E-state index < -0.39 is 15.9 Å². The van der Waals surface area contributed by atoms with Gasteiger partial charge in [0.1, 0.15) is 11.5 Å². The van der Waals surface area contributed by atoms with Crippen LogP contribution in [0.3, 0.4) is 0 Å². The Morgan fingerprint density at radius 1 is 0.829 bits per heavy atom. The molecule has 0 radical (unpaired) electrons. The molecule has 0 bridgehead atoms. The lowest BCUT2D eigenvalue weighted by Crippen LogP contribution is -2.19. The summed E-state index contributed by atoms with van der Waals surface area (Å²) in [6.07, 6.45) is 2.75. The van der Waals surface area contributed by atoms with Gasteiger partial charge in [0, 0.05) is 35.3 Å². The van der Waals surface area contributed by atoms with Gasteiger partial charge in [-0.25, -0.2) is 13.2 Å². The number of sulfone groups is 1. The van der Waals surface area contributed by atoms with Crippen LogP contribution in [0.1, 0.15) is 0 Å². The Kier molecular flexibility index (Phi) is 6.74. The first-order chi connectivity index (χ1) is 16.8. The van der Waals surface area contributed by atoms with E-state index in [1.807, 2.05) is 0 Å². The lowest BCUT2D eigenvalue weighted by Gasteiger charge is -2.13. The number of hydrogen-bond donors (Lipinski definition) is 2. The number of hydrogen-bond acceptors (Lipinski definition) is 7. The zero-order valence-corrected chi connectivity index (χ0v) is 20.0. The smallest absolute Gasteiger partial charge is 0.323 e. The van der Waals surface area contributed by atoms with Gasteiger partial charge in [-0.1, -0.05) is 6.07 Å². The Morgan fingerprint density at radius 3 is 2.20 bits per heavy atom. The maximum absolute atomic E-state index is 12.3. The first kappa shape index (κ1) is 23.8. The van der Waals surface area contributed by atoms with Gasteiger partial charge in [-0.2, -0.15) is 0 Å².